The van der Waals surface area contributed by atoms with Gasteiger partial charge in [0.05, 0.1) is 5.92 Å². The van der Waals surface area contributed by atoms with Crippen LogP contribution in [0.1, 0.15) is 47.5 Å². The van der Waals surface area contributed by atoms with E-state index in [1.54, 1.807) is 0 Å². The van der Waals surface area contributed by atoms with Crippen molar-refractivity contribution in [3.63, 3.8) is 0 Å². The van der Waals surface area contributed by atoms with E-state index in [-0.39, 0.29) is 17.1 Å². The Kier molecular flexibility index (Phi) is 7.65. The van der Waals surface area contributed by atoms with Crippen molar-refractivity contribution in [2.45, 2.75) is 47.5 Å². The fraction of sp³-hybridized carbons (Fsp3) is 0.409. The smallest absolute Gasteiger partial charge is 0.374 e. The molecule has 0 spiro atoms. The van der Waals surface area contributed by atoms with Crippen LogP contribution in [0.3, 0.4) is 0 Å². The van der Waals surface area contributed by atoms with Gasteiger partial charge >= 0.3 is 17.1 Å². The van der Waals surface area contributed by atoms with Crippen molar-refractivity contribution in [3.8, 4) is 0 Å². The van der Waals surface area contributed by atoms with Crippen molar-refractivity contribution < 1.29 is 17.1 Å². The molecule has 2 aliphatic heterocycles. The summed E-state index contributed by atoms with van der Waals surface area (Å²) in [5.41, 5.74) is 1.36. The zero-order valence-electron chi connectivity index (χ0n) is 16.0. The van der Waals surface area contributed by atoms with Crippen LogP contribution in [-0.4, -0.2) is 24.2 Å². The van der Waals surface area contributed by atoms with Gasteiger partial charge in [-0.1, -0.05) is 34.6 Å². The molecular weight excluding hydrogens is 348 g/mol. The second-order valence-corrected chi connectivity index (χ2v) is 6.97. The molecule has 4 aliphatic rings. The molecule has 0 N–H and O–H groups in total. The molecule has 3 fully saturated rings. The molecule has 0 aromatic rings. The normalized spacial score (nSPS) is 27.2. The summed E-state index contributed by atoms with van der Waals surface area (Å²) in [5.74, 6) is 8.64. The van der Waals surface area contributed by atoms with Crippen molar-refractivity contribution >= 4 is 6.21 Å². The van der Waals surface area contributed by atoms with Crippen LogP contribution in [0, 0.1) is 60.8 Å². The Morgan fingerprint density at radius 2 is 1.32 bits per heavy atom. The summed E-state index contributed by atoms with van der Waals surface area (Å²) in [7, 11) is 0. The number of likely N-dealkylation sites (tertiary alicyclic amines) is 1. The van der Waals surface area contributed by atoms with Crippen LogP contribution in [0.2, 0.25) is 0 Å². The van der Waals surface area contributed by atoms with E-state index >= 15 is 0 Å². The monoisotopic (exact) mass is 376 g/mol. The molecule has 0 amide bonds. The number of hydrogen-bond donors (Lipinski definition) is 0. The van der Waals surface area contributed by atoms with Crippen molar-refractivity contribution in [2.75, 3.05) is 13.1 Å². The first-order valence-corrected chi connectivity index (χ1v) is 8.95. The zero-order valence-corrected chi connectivity index (χ0v) is 17.1. The van der Waals surface area contributed by atoms with E-state index in [4.69, 9.17) is 0 Å². The quantitative estimate of drug-likeness (QED) is 0.603. The van der Waals surface area contributed by atoms with E-state index in [1.165, 1.54) is 67.1 Å². The van der Waals surface area contributed by atoms with Gasteiger partial charge in [-0.15, -0.1) is 0 Å². The Hall–Kier alpha value is -0.271. The van der Waals surface area contributed by atoms with Crippen molar-refractivity contribution in [1.82, 2.24) is 4.90 Å². The molecule has 132 valence electrons. The maximum Gasteiger partial charge on any atom is 2.00 e. The molecule has 25 heavy (non-hydrogen) atoms. The van der Waals surface area contributed by atoms with Gasteiger partial charge in [0, 0.05) is 25.0 Å². The summed E-state index contributed by atoms with van der Waals surface area (Å²) in [5, 5.41) is 0. The molecule has 0 atom stereocenters. The van der Waals surface area contributed by atoms with Crippen molar-refractivity contribution in [3.05, 3.63) is 72.6 Å². The van der Waals surface area contributed by atoms with Crippen LogP contribution in [0.25, 0.3) is 0 Å². The van der Waals surface area contributed by atoms with E-state index in [9.17, 15) is 0 Å². The number of rotatable bonds is 1. The standard InChI is InChI=1S/C12H13N2.C10H15.Fe/c1-2-9-14(8-1)12-6-7-13-11-5-3-4-10(11)12;1-6-7(2)9(4)10(5)8(6)3;/h3-7H,1-2,8-9H2;1-5H3;/q;;+2. The van der Waals surface area contributed by atoms with Gasteiger partial charge in [-0.05, 0) is 67.8 Å². The number of dihydropyridines is 1. The van der Waals surface area contributed by atoms with Crippen LogP contribution >= 0.6 is 0 Å². The zero-order chi connectivity index (χ0) is 17.3. The summed E-state index contributed by atoms with van der Waals surface area (Å²) in [6.45, 7) is 13.4. The molecular formula is C22H28FeN2+2. The van der Waals surface area contributed by atoms with E-state index < -0.39 is 0 Å². The van der Waals surface area contributed by atoms with Gasteiger partial charge in [0.15, 0.2) is 0 Å². The van der Waals surface area contributed by atoms with E-state index in [0.29, 0.717) is 0 Å². The minimum atomic E-state index is 0. The minimum Gasteiger partial charge on any atom is -0.374 e. The largest absolute Gasteiger partial charge is 2.00 e. The molecule has 0 aromatic carbocycles. The summed E-state index contributed by atoms with van der Waals surface area (Å²) in [6, 6.07) is 1.12. The number of fused-ring (bicyclic) bond motifs is 1. The van der Waals surface area contributed by atoms with Crippen LogP contribution in [0.15, 0.2) is 16.8 Å². The fourth-order valence-electron chi connectivity index (χ4n) is 3.66. The molecule has 0 bridgehead atoms. The Bertz CT molecular complexity index is 436. The van der Waals surface area contributed by atoms with Crippen LogP contribution < -0.4 is 0 Å². The average molecular weight is 376 g/mol. The van der Waals surface area contributed by atoms with E-state index in [0.717, 1.165) is 6.04 Å². The van der Waals surface area contributed by atoms with Gasteiger partial charge in [-0.3, -0.25) is 4.99 Å². The van der Waals surface area contributed by atoms with Gasteiger partial charge in [0.1, 0.15) is 6.04 Å². The molecule has 4 rings (SSSR count). The fourth-order valence-corrected chi connectivity index (χ4v) is 3.66. The van der Waals surface area contributed by atoms with Crippen molar-refractivity contribution in [1.29, 1.82) is 0 Å². The Balaban J connectivity index is 0.000000184. The molecule has 2 saturated carbocycles. The third-order valence-corrected chi connectivity index (χ3v) is 5.77. The Labute approximate surface area is 166 Å². The molecule has 0 aromatic heterocycles. The number of hydrogen-bond acceptors (Lipinski definition) is 2. The maximum atomic E-state index is 4.35. The third kappa shape index (κ3) is 4.35. The SMILES string of the molecule is C[C]1[C](C)[C](C)[C](C)[C]1C.[CH]1[CH][C]2N=CC=C(N3CCCC3)[C]2[CH]1.[Fe+2]. The molecule has 2 heterocycles. The predicted octanol–water partition coefficient (Wildman–Crippen LogP) is 4.75. The first-order valence-electron chi connectivity index (χ1n) is 8.95. The second-order valence-electron chi connectivity index (χ2n) is 6.97. The van der Waals surface area contributed by atoms with E-state index in [1.807, 2.05) is 6.21 Å². The number of allylic oxidation sites excluding steroid dienone is 1. The molecule has 3 heteroatoms. The van der Waals surface area contributed by atoms with Gasteiger partial charge in [0.2, 0.25) is 0 Å². The maximum absolute atomic E-state index is 4.35. The Morgan fingerprint density at radius 3 is 1.84 bits per heavy atom. The Morgan fingerprint density at radius 1 is 0.800 bits per heavy atom. The topological polar surface area (TPSA) is 15.6 Å². The first-order chi connectivity index (χ1) is 11.5. The molecule has 2 aliphatic carbocycles. The van der Waals surface area contributed by atoms with Crippen LogP contribution in [0.5, 0.6) is 0 Å². The summed E-state index contributed by atoms with van der Waals surface area (Å²) in [4.78, 5) is 6.81. The summed E-state index contributed by atoms with van der Waals surface area (Å²) < 4.78 is 0. The molecule has 1 saturated heterocycles. The van der Waals surface area contributed by atoms with Crippen LogP contribution in [0.4, 0.5) is 0 Å². The van der Waals surface area contributed by atoms with Gasteiger partial charge < -0.3 is 4.90 Å². The van der Waals surface area contributed by atoms with E-state index in [2.05, 4.69) is 69.8 Å². The molecule has 0 unspecified atom stereocenters. The first kappa shape index (κ1) is 21.0. The van der Waals surface area contributed by atoms with Gasteiger partial charge in [0.25, 0.3) is 0 Å². The van der Waals surface area contributed by atoms with Crippen molar-refractivity contribution in [2.24, 2.45) is 4.99 Å². The van der Waals surface area contributed by atoms with Crippen LogP contribution in [-0.2, 0) is 17.1 Å². The molecule has 2 nitrogen and oxygen atoms in total. The predicted molar refractivity (Wildman–Crippen MR) is 101 cm³/mol. The molecule has 10 radical (unpaired) electrons. The minimum absolute atomic E-state index is 0. The number of nitrogens with zero attached hydrogens (tertiary/aromatic N) is 2. The van der Waals surface area contributed by atoms with Gasteiger partial charge in [-0.2, -0.15) is 0 Å². The number of aliphatic imine (C=N–C) groups is 1. The second kappa shape index (κ2) is 9.09. The van der Waals surface area contributed by atoms with Gasteiger partial charge in [-0.25, -0.2) is 0 Å². The average Bonchev–Trinajstić information content (AvgIpc) is 3.32. The summed E-state index contributed by atoms with van der Waals surface area (Å²) >= 11 is 0. The summed E-state index contributed by atoms with van der Waals surface area (Å²) in [6.07, 6.45) is 13.0. The third-order valence-electron chi connectivity index (χ3n) is 5.77.